The molecule has 0 aromatic rings. The lowest BCUT2D eigenvalue weighted by molar-refractivity contribution is 0.608. The molecule has 0 heterocycles. The van der Waals surface area contributed by atoms with Crippen LogP contribution in [0.2, 0.25) is 19.6 Å². The Morgan fingerprint density at radius 2 is 1.53 bits per heavy atom. The summed E-state index contributed by atoms with van der Waals surface area (Å²) in [7, 11) is -0.888. The van der Waals surface area contributed by atoms with Crippen molar-refractivity contribution in [2.45, 2.75) is 77.9 Å². The Morgan fingerprint density at radius 1 is 0.933 bits per heavy atom. The predicted octanol–water partition coefficient (Wildman–Crippen LogP) is 5.31. The van der Waals surface area contributed by atoms with Crippen molar-refractivity contribution in [3.8, 4) is 0 Å². The second-order valence-corrected chi connectivity index (χ2v) is 11.1. The molecule has 1 heteroatoms. The van der Waals surface area contributed by atoms with E-state index in [-0.39, 0.29) is 0 Å². The summed E-state index contributed by atoms with van der Waals surface area (Å²) < 4.78 is 0. The van der Waals surface area contributed by atoms with E-state index in [2.05, 4.69) is 26.6 Å². The highest BCUT2D eigenvalue weighted by Crippen LogP contribution is 2.41. The Bertz CT molecular complexity index is 220. The van der Waals surface area contributed by atoms with Crippen molar-refractivity contribution in [1.29, 1.82) is 0 Å². The van der Waals surface area contributed by atoms with Crippen LogP contribution in [-0.4, -0.2) is 8.07 Å². The van der Waals surface area contributed by atoms with Crippen LogP contribution in [0.5, 0.6) is 0 Å². The normalized spacial score (nSPS) is 16.0. The van der Waals surface area contributed by atoms with E-state index in [1.807, 2.05) is 10.8 Å². The van der Waals surface area contributed by atoms with E-state index in [1.54, 1.807) is 0 Å². The smallest absolute Gasteiger partial charge is 0.0728 e. The van der Waals surface area contributed by atoms with Crippen LogP contribution >= 0.6 is 0 Å². The van der Waals surface area contributed by atoms with Crippen molar-refractivity contribution in [3.05, 3.63) is 10.8 Å². The van der Waals surface area contributed by atoms with Gasteiger partial charge in [-0.3, -0.25) is 0 Å². The lowest BCUT2D eigenvalue weighted by atomic mass is 10.1. The van der Waals surface area contributed by atoms with E-state index in [0.29, 0.717) is 0 Å². The van der Waals surface area contributed by atoms with E-state index in [4.69, 9.17) is 0 Å². The van der Waals surface area contributed by atoms with Gasteiger partial charge >= 0.3 is 0 Å². The van der Waals surface area contributed by atoms with Crippen LogP contribution in [-0.2, 0) is 0 Å². The van der Waals surface area contributed by atoms with Crippen LogP contribution in [0.1, 0.15) is 58.3 Å². The maximum Gasteiger partial charge on any atom is 0.0728 e. The van der Waals surface area contributed by atoms with Crippen molar-refractivity contribution in [2.75, 3.05) is 0 Å². The minimum atomic E-state index is -0.888. The Hall–Kier alpha value is -0.0431. The molecule has 0 N–H and O–H groups in total. The molecular formula is C14H28Si. The molecule has 1 aliphatic carbocycles. The third-order valence-electron chi connectivity index (χ3n) is 3.43. The topological polar surface area (TPSA) is 0 Å². The molecule has 0 amide bonds. The molecule has 0 unspecified atom stereocenters. The first-order valence-electron chi connectivity index (χ1n) is 6.77. The van der Waals surface area contributed by atoms with Crippen molar-refractivity contribution in [1.82, 2.24) is 0 Å². The molecule has 0 nitrogen and oxygen atoms in total. The molecule has 1 rings (SSSR count). The molecule has 88 valence electrons. The minimum Gasteiger partial charge on any atom is -0.0776 e. The average Bonchev–Trinajstić information content (AvgIpc) is 2.89. The van der Waals surface area contributed by atoms with Crippen molar-refractivity contribution >= 4 is 8.07 Å². The van der Waals surface area contributed by atoms with E-state index in [0.717, 1.165) is 0 Å². The van der Waals surface area contributed by atoms with Crippen LogP contribution in [0, 0.1) is 0 Å². The molecular weight excluding hydrogens is 196 g/mol. The zero-order valence-corrected chi connectivity index (χ0v) is 12.2. The van der Waals surface area contributed by atoms with Crippen LogP contribution < -0.4 is 0 Å². The van der Waals surface area contributed by atoms with Gasteiger partial charge in [-0.05, 0) is 19.3 Å². The summed E-state index contributed by atoms with van der Waals surface area (Å²) in [5, 5.41) is 1.89. The third kappa shape index (κ3) is 5.01. The fraction of sp³-hybridized carbons (Fsp3) is 0.857. The molecule has 1 aliphatic rings. The van der Waals surface area contributed by atoms with Crippen LogP contribution in [0.3, 0.4) is 0 Å². The quantitative estimate of drug-likeness (QED) is 0.387. The van der Waals surface area contributed by atoms with Gasteiger partial charge in [-0.2, -0.15) is 0 Å². The second-order valence-electron chi connectivity index (χ2n) is 6.03. The molecule has 0 bridgehead atoms. The third-order valence-corrected chi connectivity index (χ3v) is 5.77. The van der Waals surface area contributed by atoms with Crippen LogP contribution in [0.15, 0.2) is 10.8 Å². The fourth-order valence-corrected chi connectivity index (χ4v) is 4.25. The Kier molecular flexibility index (Phi) is 5.11. The van der Waals surface area contributed by atoms with E-state index in [9.17, 15) is 0 Å². The van der Waals surface area contributed by atoms with Gasteiger partial charge in [-0.1, -0.05) is 69.4 Å². The van der Waals surface area contributed by atoms with Gasteiger partial charge in [-0.15, -0.1) is 0 Å². The highest BCUT2D eigenvalue weighted by molar-refractivity contribution is 6.84. The molecule has 0 aliphatic heterocycles. The summed E-state index contributed by atoms with van der Waals surface area (Å²) >= 11 is 0. The summed E-state index contributed by atoms with van der Waals surface area (Å²) in [5.41, 5.74) is 1.84. The average molecular weight is 224 g/mol. The van der Waals surface area contributed by atoms with Gasteiger partial charge in [0, 0.05) is 0 Å². The molecule has 0 aromatic heterocycles. The van der Waals surface area contributed by atoms with Gasteiger partial charge in [0.1, 0.15) is 0 Å². The van der Waals surface area contributed by atoms with Gasteiger partial charge < -0.3 is 0 Å². The van der Waals surface area contributed by atoms with Crippen molar-refractivity contribution < 1.29 is 0 Å². The van der Waals surface area contributed by atoms with Crippen LogP contribution in [0.4, 0.5) is 0 Å². The Labute approximate surface area is 97.2 Å². The molecule has 0 fully saturated rings. The summed E-state index contributed by atoms with van der Waals surface area (Å²) in [6.07, 6.45) is 11.5. The highest BCUT2D eigenvalue weighted by atomic mass is 28.3. The number of allylic oxidation sites excluding steroid dienone is 2. The van der Waals surface area contributed by atoms with E-state index >= 15 is 0 Å². The second kappa shape index (κ2) is 5.88. The van der Waals surface area contributed by atoms with E-state index < -0.39 is 8.07 Å². The highest BCUT2D eigenvalue weighted by Gasteiger charge is 2.31. The molecule has 0 aromatic carbocycles. The predicted molar refractivity (Wildman–Crippen MR) is 73.0 cm³/mol. The van der Waals surface area contributed by atoms with Crippen molar-refractivity contribution in [2.24, 2.45) is 0 Å². The summed E-state index contributed by atoms with van der Waals surface area (Å²) in [5.74, 6) is 0. The largest absolute Gasteiger partial charge is 0.0776 e. The lowest BCUT2D eigenvalue weighted by Gasteiger charge is -2.09. The summed E-state index contributed by atoms with van der Waals surface area (Å²) in [6, 6.07) is 0. The first-order valence-corrected chi connectivity index (χ1v) is 10.3. The fourth-order valence-electron chi connectivity index (χ4n) is 2.32. The number of hydrogen-bond donors (Lipinski definition) is 0. The SMILES string of the molecule is CCCCCCCCC1=C([Si](C)(C)C)C1. The van der Waals surface area contributed by atoms with Gasteiger partial charge in [0.05, 0.1) is 8.07 Å². The zero-order valence-electron chi connectivity index (χ0n) is 11.2. The first-order chi connectivity index (χ1) is 7.05. The monoisotopic (exact) mass is 224 g/mol. The standard InChI is InChI=1S/C14H28Si/c1-5-6-7-8-9-10-11-13-12-14(13)15(2,3)4/h5-12H2,1-4H3. The molecule has 0 spiro atoms. The number of unbranched alkanes of at least 4 members (excludes halogenated alkanes) is 5. The first kappa shape index (κ1) is 13.0. The minimum absolute atomic E-state index is 0.888. The maximum atomic E-state index is 2.48. The summed E-state index contributed by atoms with van der Waals surface area (Å²) in [6.45, 7) is 9.74. The zero-order chi connectivity index (χ0) is 11.3. The van der Waals surface area contributed by atoms with Gasteiger partial charge in [0.2, 0.25) is 0 Å². The van der Waals surface area contributed by atoms with E-state index in [1.165, 1.54) is 51.4 Å². The Morgan fingerprint density at radius 3 is 2.07 bits per heavy atom. The summed E-state index contributed by atoms with van der Waals surface area (Å²) in [4.78, 5) is 0. The van der Waals surface area contributed by atoms with Crippen LogP contribution in [0.25, 0.3) is 0 Å². The number of rotatable bonds is 8. The number of hydrogen-bond acceptors (Lipinski definition) is 0. The molecule has 0 atom stereocenters. The van der Waals surface area contributed by atoms with Gasteiger partial charge in [0.25, 0.3) is 0 Å². The van der Waals surface area contributed by atoms with Gasteiger partial charge in [0.15, 0.2) is 0 Å². The maximum absolute atomic E-state index is 2.48. The molecule has 0 radical (unpaired) electrons. The molecule has 0 saturated carbocycles. The van der Waals surface area contributed by atoms with Gasteiger partial charge in [-0.25, -0.2) is 0 Å². The lowest BCUT2D eigenvalue weighted by Crippen LogP contribution is -2.18. The Balaban J connectivity index is 2.01. The van der Waals surface area contributed by atoms with Crippen molar-refractivity contribution in [3.63, 3.8) is 0 Å². The molecule has 0 saturated heterocycles. The molecule has 15 heavy (non-hydrogen) atoms.